The van der Waals surface area contributed by atoms with Crippen LogP contribution in [0.2, 0.25) is 0 Å². The van der Waals surface area contributed by atoms with E-state index in [0.717, 1.165) is 17.7 Å². The van der Waals surface area contributed by atoms with Gasteiger partial charge in [-0.2, -0.15) is 0 Å². The van der Waals surface area contributed by atoms with Crippen LogP contribution in [-0.4, -0.2) is 13.7 Å². The summed E-state index contributed by atoms with van der Waals surface area (Å²) in [7, 11) is 1.94. The fourth-order valence-electron chi connectivity index (χ4n) is 1.76. The molecule has 2 aromatic rings. The second-order valence-electron chi connectivity index (χ2n) is 3.85. The van der Waals surface area contributed by atoms with Crippen molar-refractivity contribution in [2.45, 2.75) is 12.5 Å². The first kappa shape index (κ1) is 11.7. The molecule has 0 aliphatic rings. The first-order valence-electron chi connectivity index (χ1n) is 5.77. The molecule has 3 heteroatoms. The van der Waals surface area contributed by atoms with Gasteiger partial charge in [0.2, 0.25) is 0 Å². The van der Waals surface area contributed by atoms with E-state index in [1.165, 1.54) is 0 Å². The highest BCUT2D eigenvalue weighted by Crippen LogP contribution is 2.17. The fraction of sp³-hybridized carbons (Fsp3) is 0.286. The molecule has 0 aliphatic carbocycles. The van der Waals surface area contributed by atoms with Crippen LogP contribution < -0.4 is 10.1 Å². The number of rotatable bonds is 6. The molecule has 1 atom stereocenters. The highest BCUT2D eigenvalue weighted by molar-refractivity contribution is 5.21. The molecule has 2 rings (SSSR count). The minimum Gasteiger partial charge on any atom is -0.494 e. The second kappa shape index (κ2) is 6.11. The SMILES string of the molecule is CNC(CCOc1ccccc1)c1ccoc1. The normalized spacial score (nSPS) is 12.3. The minimum atomic E-state index is 0.275. The molecule has 1 N–H and O–H groups in total. The molecule has 0 spiro atoms. The summed E-state index contributed by atoms with van der Waals surface area (Å²) in [4.78, 5) is 0. The Morgan fingerprint density at radius 1 is 1.24 bits per heavy atom. The molecule has 17 heavy (non-hydrogen) atoms. The van der Waals surface area contributed by atoms with E-state index < -0.39 is 0 Å². The van der Waals surface area contributed by atoms with Gasteiger partial charge in [0.05, 0.1) is 19.1 Å². The summed E-state index contributed by atoms with van der Waals surface area (Å²) in [6, 6.07) is 12.1. The van der Waals surface area contributed by atoms with Crippen LogP contribution >= 0.6 is 0 Å². The molecule has 90 valence electrons. The third kappa shape index (κ3) is 3.36. The topological polar surface area (TPSA) is 34.4 Å². The van der Waals surface area contributed by atoms with Crippen molar-refractivity contribution in [1.29, 1.82) is 0 Å². The van der Waals surface area contributed by atoms with Crippen molar-refractivity contribution in [2.24, 2.45) is 0 Å². The molecule has 0 radical (unpaired) electrons. The Hall–Kier alpha value is -1.74. The smallest absolute Gasteiger partial charge is 0.119 e. The summed E-state index contributed by atoms with van der Waals surface area (Å²) >= 11 is 0. The lowest BCUT2D eigenvalue weighted by Crippen LogP contribution is -2.18. The van der Waals surface area contributed by atoms with Crippen LogP contribution in [-0.2, 0) is 0 Å². The maximum Gasteiger partial charge on any atom is 0.119 e. The first-order chi connectivity index (χ1) is 8.40. The summed E-state index contributed by atoms with van der Waals surface area (Å²) in [6.45, 7) is 0.681. The van der Waals surface area contributed by atoms with Gasteiger partial charge in [0.1, 0.15) is 5.75 Å². The molecule has 0 amide bonds. The molecule has 1 aromatic heterocycles. The molecule has 0 aliphatic heterocycles. The van der Waals surface area contributed by atoms with E-state index in [9.17, 15) is 0 Å². The lowest BCUT2D eigenvalue weighted by molar-refractivity contribution is 0.290. The average molecular weight is 231 g/mol. The molecule has 0 bridgehead atoms. The van der Waals surface area contributed by atoms with Crippen LogP contribution in [0.3, 0.4) is 0 Å². The van der Waals surface area contributed by atoms with Crippen LogP contribution in [0.4, 0.5) is 0 Å². The van der Waals surface area contributed by atoms with Gasteiger partial charge in [0.15, 0.2) is 0 Å². The quantitative estimate of drug-likeness (QED) is 0.829. The van der Waals surface area contributed by atoms with Crippen molar-refractivity contribution in [1.82, 2.24) is 5.32 Å². The Labute approximate surface area is 101 Å². The number of para-hydroxylation sites is 1. The van der Waals surface area contributed by atoms with Crippen LogP contribution in [0.15, 0.2) is 53.3 Å². The van der Waals surface area contributed by atoms with Gasteiger partial charge in [-0.05, 0) is 25.2 Å². The third-order valence-electron chi connectivity index (χ3n) is 2.71. The highest BCUT2D eigenvalue weighted by atomic mass is 16.5. The number of hydrogen-bond donors (Lipinski definition) is 1. The molecular weight excluding hydrogens is 214 g/mol. The predicted molar refractivity (Wildman–Crippen MR) is 67.1 cm³/mol. The number of furan rings is 1. The standard InChI is InChI=1S/C14H17NO2/c1-15-14(12-7-9-16-11-12)8-10-17-13-5-3-2-4-6-13/h2-7,9,11,14-15H,8,10H2,1H3. The van der Waals surface area contributed by atoms with Crippen molar-refractivity contribution in [3.8, 4) is 5.75 Å². The fourth-order valence-corrected chi connectivity index (χ4v) is 1.76. The molecular formula is C14H17NO2. The van der Waals surface area contributed by atoms with Crippen molar-refractivity contribution in [3.63, 3.8) is 0 Å². The molecule has 0 saturated carbocycles. The maximum atomic E-state index is 5.67. The van der Waals surface area contributed by atoms with Crippen LogP contribution in [0.25, 0.3) is 0 Å². The summed E-state index contributed by atoms with van der Waals surface area (Å²) in [5.41, 5.74) is 1.16. The van der Waals surface area contributed by atoms with Gasteiger partial charge in [0.25, 0.3) is 0 Å². The van der Waals surface area contributed by atoms with Gasteiger partial charge in [0, 0.05) is 18.0 Å². The molecule has 1 heterocycles. The molecule has 0 saturated heterocycles. The number of benzene rings is 1. The highest BCUT2D eigenvalue weighted by Gasteiger charge is 2.10. The zero-order valence-electron chi connectivity index (χ0n) is 9.93. The summed E-state index contributed by atoms with van der Waals surface area (Å²) < 4.78 is 10.7. The summed E-state index contributed by atoms with van der Waals surface area (Å²) in [5, 5.41) is 3.25. The Kier molecular flexibility index (Phi) is 4.22. The number of ether oxygens (including phenoxy) is 1. The van der Waals surface area contributed by atoms with Crippen molar-refractivity contribution >= 4 is 0 Å². The molecule has 1 unspecified atom stereocenters. The molecule has 3 nitrogen and oxygen atoms in total. The van der Waals surface area contributed by atoms with Gasteiger partial charge in [-0.1, -0.05) is 18.2 Å². The average Bonchev–Trinajstić information content (AvgIpc) is 2.90. The predicted octanol–water partition coefficient (Wildman–Crippen LogP) is 3.01. The largest absolute Gasteiger partial charge is 0.494 e. The number of hydrogen-bond acceptors (Lipinski definition) is 3. The van der Waals surface area contributed by atoms with E-state index in [-0.39, 0.29) is 6.04 Å². The lowest BCUT2D eigenvalue weighted by atomic mass is 10.1. The Balaban J connectivity index is 1.81. The van der Waals surface area contributed by atoms with E-state index >= 15 is 0 Å². The monoisotopic (exact) mass is 231 g/mol. The van der Waals surface area contributed by atoms with Crippen molar-refractivity contribution < 1.29 is 9.15 Å². The van der Waals surface area contributed by atoms with E-state index in [2.05, 4.69) is 5.32 Å². The maximum absolute atomic E-state index is 5.67. The number of nitrogens with one attached hydrogen (secondary N) is 1. The van der Waals surface area contributed by atoms with E-state index in [1.807, 2.05) is 43.4 Å². The minimum absolute atomic E-state index is 0.275. The van der Waals surface area contributed by atoms with Crippen LogP contribution in [0.5, 0.6) is 5.75 Å². The zero-order valence-corrected chi connectivity index (χ0v) is 9.93. The molecule has 1 aromatic carbocycles. The summed E-state index contributed by atoms with van der Waals surface area (Å²) in [5.74, 6) is 0.912. The van der Waals surface area contributed by atoms with Gasteiger partial charge in [-0.3, -0.25) is 0 Å². The van der Waals surface area contributed by atoms with Gasteiger partial charge >= 0.3 is 0 Å². The first-order valence-corrected chi connectivity index (χ1v) is 5.77. The van der Waals surface area contributed by atoms with Gasteiger partial charge in [-0.25, -0.2) is 0 Å². The lowest BCUT2D eigenvalue weighted by Gasteiger charge is -2.14. The van der Waals surface area contributed by atoms with E-state index in [4.69, 9.17) is 9.15 Å². The molecule has 0 fully saturated rings. The van der Waals surface area contributed by atoms with Gasteiger partial charge < -0.3 is 14.5 Å². The Bertz CT molecular complexity index is 411. The van der Waals surface area contributed by atoms with Crippen LogP contribution in [0, 0.1) is 0 Å². The van der Waals surface area contributed by atoms with Gasteiger partial charge in [-0.15, -0.1) is 0 Å². The van der Waals surface area contributed by atoms with Crippen molar-refractivity contribution in [3.05, 3.63) is 54.5 Å². The van der Waals surface area contributed by atoms with E-state index in [0.29, 0.717) is 6.61 Å². The zero-order chi connectivity index (χ0) is 11.9. The second-order valence-corrected chi connectivity index (χ2v) is 3.85. The Morgan fingerprint density at radius 2 is 2.06 bits per heavy atom. The van der Waals surface area contributed by atoms with Crippen LogP contribution in [0.1, 0.15) is 18.0 Å². The van der Waals surface area contributed by atoms with Crippen molar-refractivity contribution in [2.75, 3.05) is 13.7 Å². The Morgan fingerprint density at radius 3 is 2.71 bits per heavy atom. The van der Waals surface area contributed by atoms with E-state index in [1.54, 1.807) is 12.5 Å². The summed E-state index contributed by atoms with van der Waals surface area (Å²) in [6.07, 6.45) is 4.37. The third-order valence-corrected chi connectivity index (χ3v) is 2.71.